The van der Waals surface area contributed by atoms with Gasteiger partial charge in [-0.2, -0.15) is 0 Å². The minimum absolute atomic E-state index is 0.0881. The summed E-state index contributed by atoms with van der Waals surface area (Å²) in [5.41, 5.74) is 0. The first-order valence-corrected chi connectivity index (χ1v) is 27.9. The van der Waals surface area contributed by atoms with Gasteiger partial charge in [0.1, 0.15) is 13.2 Å². The normalized spacial score (nSPS) is 12.6. The van der Waals surface area contributed by atoms with Crippen LogP contribution < -0.4 is 0 Å². The maximum Gasteiger partial charge on any atom is 0.306 e. The van der Waals surface area contributed by atoms with Crippen molar-refractivity contribution >= 4 is 17.9 Å². The zero-order valence-electron chi connectivity index (χ0n) is 43.4. The maximum atomic E-state index is 12.8. The van der Waals surface area contributed by atoms with E-state index >= 15 is 0 Å². The Balaban J connectivity index is 4.40. The summed E-state index contributed by atoms with van der Waals surface area (Å²) in [6.07, 6.45) is 68.9. The molecule has 0 aromatic rings. The van der Waals surface area contributed by atoms with Gasteiger partial charge in [0, 0.05) is 19.3 Å². The topological polar surface area (TPSA) is 78.9 Å². The van der Waals surface area contributed by atoms with E-state index in [-0.39, 0.29) is 31.1 Å². The molecule has 0 rings (SSSR count). The highest BCUT2D eigenvalue weighted by molar-refractivity contribution is 5.71. The molecule has 0 aromatic heterocycles. The molecule has 0 fully saturated rings. The van der Waals surface area contributed by atoms with Crippen LogP contribution in [0.3, 0.4) is 0 Å². The van der Waals surface area contributed by atoms with E-state index in [9.17, 15) is 14.4 Å². The third kappa shape index (κ3) is 51.8. The predicted octanol–water partition coefficient (Wildman–Crippen LogP) is 18.6. The van der Waals surface area contributed by atoms with Crippen molar-refractivity contribution in [3.05, 3.63) is 72.9 Å². The molecule has 0 saturated carbocycles. The lowest BCUT2D eigenvalue weighted by Gasteiger charge is -2.18. The Bertz CT molecular complexity index is 1240. The minimum atomic E-state index is -0.793. The molecule has 1 unspecified atom stereocenters. The number of hydrogen-bond acceptors (Lipinski definition) is 6. The second kappa shape index (κ2) is 54.5. The zero-order valence-corrected chi connectivity index (χ0v) is 43.4. The molecular formula is C60H104O6. The molecule has 0 amide bonds. The average molecular weight is 921 g/mol. The van der Waals surface area contributed by atoms with E-state index in [2.05, 4.69) is 93.7 Å². The second-order valence-corrected chi connectivity index (χ2v) is 18.5. The number of rotatable bonds is 50. The Morgan fingerprint density at radius 1 is 0.318 bits per heavy atom. The van der Waals surface area contributed by atoms with E-state index in [4.69, 9.17) is 14.2 Å². The molecule has 0 aliphatic heterocycles. The van der Waals surface area contributed by atoms with Gasteiger partial charge in [-0.1, -0.05) is 241 Å². The predicted molar refractivity (Wildman–Crippen MR) is 284 cm³/mol. The third-order valence-electron chi connectivity index (χ3n) is 11.9. The molecule has 1 atom stereocenters. The van der Waals surface area contributed by atoms with Crippen LogP contribution in [0.5, 0.6) is 0 Å². The van der Waals surface area contributed by atoms with E-state index in [1.54, 1.807) is 0 Å². The molecule has 0 bridgehead atoms. The standard InChI is InChI=1S/C60H104O6/c1-4-7-10-13-16-19-22-25-27-29-31-32-35-38-41-44-47-50-53-59(62)65-56-57(55-64-58(61)52-49-46-43-40-37-34-24-21-18-15-12-9-6-3)66-60(63)54-51-48-45-42-39-36-33-30-28-26-23-20-17-14-11-8-5-2/h8,11-12,15,17,20-21,24,26,28,33,36,57H,4-7,9-10,13-14,16,18-19,22-23,25,27,29-32,34-35,37-56H2,1-3H3/b11-8-,15-12-,20-17-,24-21-,28-26-,36-33-. The van der Waals surface area contributed by atoms with Gasteiger partial charge in [-0.15, -0.1) is 0 Å². The summed E-state index contributed by atoms with van der Waals surface area (Å²) in [5.74, 6) is -0.919. The fourth-order valence-corrected chi connectivity index (χ4v) is 7.77. The van der Waals surface area contributed by atoms with Crippen LogP contribution in [-0.4, -0.2) is 37.2 Å². The number of allylic oxidation sites excluding steroid dienone is 12. The first-order chi connectivity index (χ1) is 32.5. The molecule has 0 aliphatic carbocycles. The summed E-state index contributed by atoms with van der Waals surface area (Å²) in [5, 5.41) is 0. The van der Waals surface area contributed by atoms with Gasteiger partial charge in [-0.05, 0) is 83.5 Å². The monoisotopic (exact) mass is 921 g/mol. The van der Waals surface area contributed by atoms with Crippen molar-refractivity contribution in [1.82, 2.24) is 0 Å². The van der Waals surface area contributed by atoms with Gasteiger partial charge in [0.2, 0.25) is 0 Å². The Hall–Kier alpha value is -3.15. The number of hydrogen-bond donors (Lipinski definition) is 0. The highest BCUT2D eigenvalue weighted by Crippen LogP contribution is 2.16. The third-order valence-corrected chi connectivity index (χ3v) is 11.9. The Labute approximate surface area is 408 Å². The summed E-state index contributed by atoms with van der Waals surface area (Å²) in [4.78, 5) is 38.1. The molecule has 6 nitrogen and oxygen atoms in total. The summed E-state index contributed by atoms with van der Waals surface area (Å²) >= 11 is 0. The first kappa shape index (κ1) is 62.8. The molecule has 0 aliphatic rings. The summed E-state index contributed by atoms with van der Waals surface area (Å²) in [6, 6.07) is 0. The second-order valence-electron chi connectivity index (χ2n) is 18.5. The van der Waals surface area contributed by atoms with Crippen LogP contribution >= 0.6 is 0 Å². The Morgan fingerprint density at radius 3 is 0.985 bits per heavy atom. The number of carbonyl (C=O) groups excluding carboxylic acids is 3. The van der Waals surface area contributed by atoms with Crippen LogP contribution in [-0.2, 0) is 28.6 Å². The van der Waals surface area contributed by atoms with Gasteiger partial charge in [-0.3, -0.25) is 14.4 Å². The number of carbonyl (C=O) groups is 3. The Morgan fingerprint density at radius 2 is 0.621 bits per heavy atom. The molecule has 380 valence electrons. The number of ether oxygens (including phenoxy) is 3. The molecule has 0 saturated heterocycles. The lowest BCUT2D eigenvalue weighted by molar-refractivity contribution is -0.167. The summed E-state index contributed by atoms with van der Waals surface area (Å²) in [6.45, 7) is 6.45. The highest BCUT2D eigenvalue weighted by Gasteiger charge is 2.19. The van der Waals surface area contributed by atoms with Crippen LogP contribution in [0, 0.1) is 0 Å². The van der Waals surface area contributed by atoms with E-state index in [0.717, 1.165) is 128 Å². The van der Waals surface area contributed by atoms with Gasteiger partial charge in [-0.25, -0.2) is 0 Å². The minimum Gasteiger partial charge on any atom is -0.462 e. The van der Waals surface area contributed by atoms with Crippen LogP contribution in [0.1, 0.15) is 271 Å². The van der Waals surface area contributed by atoms with Crippen molar-refractivity contribution in [3.8, 4) is 0 Å². The van der Waals surface area contributed by atoms with Crippen LogP contribution in [0.15, 0.2) is 72.9 Å². The molecular weight excluding hydrogens is 817 g/mol. The van der Waals surface area contributed by atoms with Crippen molar-refractivity contribution in [2.24, 2.45) is 0 Å². The van der Waals surface area contributed by atoms with Gasteiger partial charge < -0.3 is 14.2 Å². The fourth-order valence-electron chi connectivity index (χ4n) is 7.77. The van der Waals surface area contributed by atoms with Crippen molar-refractivity contribution < 1.29 is 28.6 Å². The smallest absolute Gasteiger partial charge is 0.306 e. The van der Waals surface area contributed by atoms with Gasteiger partial charge in [0.15, 0.2) is 6.10 Å². The zero-order chi connectivity index (χ0) is 47.9. The van der Waals surface area contributed by atoms with Crippen LogP contribution in [0.25, 0.3) is 0 Å². The fraction of sp³-hybridized carbons (Fsp3) is 0.750. The van der Waals surface area contributed by atoms with Gasteiger partial charge in [0.25, 0.3) is 0 Å². The summed E-state index contributed by atoms with van der Waals surface area (Å²) < 4.78 is 16.8. The lowest BCUT2D eigenvalue weighted by atomic mass is 10.0. The van der Waals surface area contributed by atoms with Crippen LogP contribution in [0.2, 0.25) is 0 Å². The van der Waals surface area contributed by atoms with Crippen molar-refractivity contribution in [1.29, 1.82) is 0 Å². The lowest BCUT2D eigenvalue weighted by Crippen LogP contribution is -2.30. The average Bonchev–Trinajstić information content (AvgIpc) is 3.31. The number of esters is 3. The van der Waals surface area contributed by atoms with Crippen LogP contribution in [0.4, 0.5) is 0 Å². The molecule has 0 spiro atoms. The SMILES string of the molecule is CC/C=C\C/C=C\C/C=C\C/C=C\CCCCCCC(=O)OC(COC(=O)CCCCCCC/C=C\C/C=C\CCC)COC(=O)CCCCCCCCCCCCCCCCCCCC. The Kier molecular flexibility index (Phi) is 51.9. The van der Waals surface area contributed by atoms with Crippen molar-refractivity contribution in [2.45, 2.75) is 277 Å². The van der Waals surface area contributed by atoms with E-state index in [1.807, 2.05) is 0 Å². The van der Waals surface area contributed by atoms with Crippen molar-refractivity contribution in [2.75, 3.05) is 13.2 Å². The molecule has 0 N–H and O–H groups in total. The summed E-state index contributed by atoms with van der Waals surface area (Å²) in [7, 11) is 0. The largest absolute Gasteiger partial charge is 0.462 e. The number of unbranched alkanes of at least 4 members (excludes halogenated alkanes) is 27. The van der Waals surface area contributed by atoms with Crippen molar-refractivity contribution in [3.63, 3.8) is 0 Å². The quantitative estimate of drug-likeness (QED) is 0.0262. The van der Waals surface area contributed by atoms with E-state index in [0.29, 0.717) is 19.3 Å². The molecule has 0 aromatic carbocycles. The molecule has 6 heteroatoms. The molecule has 0 heterocycles. The van der Waals surface area contributed by atoms with Gasteiger partial charge in [0.05, 0.1) is 0 Å². The first-order valence-electron chi connectivity index (χ1n) is 27.9. The van der Waals surface area contributed by atoms with E-state index < -0.39 is 6.10 Å². The molecule has 66 heavy (non-hydrogen) atoms. The molecule has 0 radical (unpaired) electrons. The van der Waals surface area contributed by atoms with E-state index in [1.165, 1.54) is 103 Å². The van der Waals surface area contributed by atoms with Gasteiger partial charge >= 0.3 is 17.9 Å². The highest BCUT2D eigenvalue weighted by atomic mass is 16.6. The maximum absolute atomic E-state index is 12.8.